The molecule has 0 spiro atoms. The molecule has 0 bridgehead atoms. The monoisotopic (exact) mass is 494 g/mol. The number of nitrogens with one attached hydrogen (secondary N) is 1. The molecule has 4 rings (SSSR count). The number of likely N-dealkylation sites (tertiary alicyclic amines) is 1. The van der Waals surface area contributed by atoms with E-state index in [4.69, 9.17) is 4.74 Å². The Bertz CT molecular complexity index is 758. The SMILES string of the molecule is CC1(CO)C(OC(=O)NC2CCCCC2)CCC2(C)C(CC(=O)N3CCCC3CO)C(O)CCC12. The molecule has 7 atom stereocenters. The number of hydrogen-bond acceptors (Lipinski definition) is 6. The summed E-state index contributed by atoms with van der Waals surface area (Å²) in [6, 6.07) is 0.0420. The summed E-state index contributed by atoms with van der Waals surface area (Å²) in [7, 11) is 0. The normalized spacial score (nSPS) is 40.3. The lowest BCUT2D eigenvalue weighted by molar-refractivity contribution is -0.187. The maximum Gasteiger partial charge on any atom is 0.407 e. The van der Waals surface area contributed by atoms with Crippen molar-refractivity contribution in [1.29, 1.82) is 0 Å². The van der Waals surface area contributed by atoms with Crippen LogP contribution in [0.15, 0.2) is 0 Å². The average Bonchev–Trinajstić information content (AvgIpc) is 3.33. The summed E-state index contributed by atoms with van der Waals surface area (Å²) in [4.78, 5) is 27.8. The highest BCUT2D eigenvalue weighted by Crippen LogP contribution is 2.61. The summed E-state index contributed by atoms with van der Waals surface area (Å²) in [5.74, 6) is -0.199. The van der Waals surface area contributed by atoms with Crippen molar-refractivity contribution in [1.82, 2.24) is 10.2 Å². The predicted octanol–water partition coefficient (Wildman–Crippen LogP) is 2.97. The van der Waals surface area contributed by atoms with E-state index in [0.717, 1.165) is 51.4 Å². The fourth-order valence-electron chi connectivity index (χ4n) is 8.02. The zero-order valence-electron chi connectivity index (χ0n) is 21.6. The Labute approximate surface area is 209 Å². The minimum atomic E-state index is -0.639. The van der Waals surface area contributed by atoms with Gasteiger partial charge >= 0.3 is 6.09 Å². The van der Waals surface area contributed by atoms with Gasteiger partial charge in [0.1, 0.15) is 6.10 Å². The van der Waals surface area contributed by atoms with Crippen molar-refractivity contribution in [3.05, 3.63) is 0 Å². The maximum atomic E-state index is 13.3. The van der Waals surface area contributed by atoms with Crippen molar-refractivity contribution in [3.8, 4) is 0 Å². The number of carbonyl (C=O) groups excluding carboxylic acids is 2. The topological polar surface area (TPSA) is 119 Å². The molecule has 35 heavy (non-hydrogen) atoms. The van der Waals surface area contributed by atoms with E-state index in [0.29, 0.717) is 19.4 Å². The van der Waals surface area contributed by atoms with Crippen LogP contribution in [-0.2, 0) is 9.53 Å². The molecule has 4 aliphatic rings. The zero-order valence-corrected chi connectivity index (χ0v) is 21.6. The number of aliphatic hydroxyl groups is 3. The van der Waals surface area contributed by atoms with Gasteiger partial charge in [-0.2, -0.15) is 0 Å². The standard InChI is InChI=1S/C27H46N2O6/c1-26-13-12-23(35-25(34)28-18-7-4-3-5-8-18)27(2,17-31)22(26)11-10-21(32)20(26)15-24(33)29-14-6-9-19(29)16-30/h18-23,30-32H,3-17H2,1-2H3,(H,28,34). The predicted molar refractivity (Wildman–Crippen MR) is 131 cm³/mol. The third-order valence-corrected chi connectivity index (χ3v) is 10.2. The number of amides is 2. The fourth-order valence-corrected chi connectivity index (χ4v) is 8.02. The van der Waals surface area contributed by atoms with E-state index >= 15 is 0 Å². The summed E-state index contributed by atoms with van der Waals surface area (Å²) in [5, 5.41) is 34.4. The van der Waals surface area contributed by atoms with Gasteiger partial charge in [-0.05, 0) is 68.6 Å². The molecule has 1 saturated heterocycles. The van der Waals surface area contributed by atoms with Crippen molar-refractivity contribution in [2.75, 3.05) is 19.8 Å². The van der Waals surface area contributed by atoms with E-state index in [1.165, 1.54) is 6.42 Å². The van der Waals surface area contributed by atoms with Crippen molar-refractivity contribution >= 4 is 12.0 Å². The van der Waals surface area contributed by atoms with Gasteiger partial charge < -0.3 is 30.3 Å². The molecule has 8 heteroatoms. The van der Waals surface area contributed by atoms with E-state index in [1.807, 2.05) is 6.92 Å². The molecular weight excluding hydrogens is 448 g/mol. The largest absolute Gasteiger partial charge is 0.446 e. The first-order valence-electron chi connectivity index (χ1n) is 13.9. The van der Waals surface area contributed by atoms with Gasteiger partial charge in [0.15, 0.2) is 0 Å². The third kappa shape index (κ3) is 5.21. The lowest BCUT2D eigenvalue weighted by atomic mass is 9.46. The van der Waals surface area contributed by atoms with Gasteiger partial charge in [-0.3, -0.25) is 4.79 Å². The van der Waals surface area contributed by atoms with Crippen LogP contribution in [0.2, 0.25) is 0 Å². The van der Waals surface area contributed by atoms with Crippen LogP contribution >= 0.6 is 0 Å². The fraction of sp³-hybridized carbons (Fsp3) is 0.926. The molecule has 0 aromatic rings. The molecule has 3 saturated carbocycles. The second kappa shape index (κ2) is 10.9. The smallest absolute Gasteiger partial charge is 0.407 e. The molecule has 7 unspecified atom stereocenters. The molecule has 2 amide bonds. The van der Waals surface area contributed by atoms with Crippen LogP contribution in [0.4, 0.5) is 4.79 Å². The number of hydrogen-bond donors (Lipinski definition) is 4. The van der Waals surface area contributed by atoms with Crippen LogP contribution in [0.25, 0.3) is 0 Å². The summed E-state index contributed by atoms with van der Waals surface area (Å²) < 4.78 is 5.97. The molecule has 3 aliphatic carbocycles. The first-order chi connectivity index (χ1) is 16.7. The highest BCUT2D eigenvalue weighted by Gasteiger charge is 2.60. The van der Waals surface area contributed by atoms with Crippen LogP contribution in [0.1, 0.15) is 90.9 Å². The Morgan fingerprint density at radius 2 is 1.74 bits per heavy atom. The lowest BCUT2D eigenvalue weighted by Crippen LogP contribution is -2.61. The van der Waals surface area contributed by atoms with Crippen LogP contribution in [0, 0.1) is 22.7 Å². The lowest BCUT2D eigenvalue weighted by Gasteiger charge is -2.60. The third-order valence-electron chi connectivity index (χ3n) is 10.2. The minimum Gasteiger partial charge on any atom is -0.446 e. The molecule has 4 N–H and O–H groups in total. The zero-order chi connectivity index (χ0) is 25.2. The quantitative estimate of drug-likeness (QED) is 0.451. The van der Waals surface area contributed by atoms with Gasteiger partial charge in [-0.15, -0.1) is 0 Å². The van der Waals surface area contributed by atoms with Crippen molar-refractivity contribution < 1.29 is 29.6 Å². The van der Waals surface area contributed by atoms with Crippen LogP contribution in [-0.4, -0.2) is 76.3 Å². The number of nitrogens with zero attached hydrogens (tertiary/aromatic N) is 1. The molecule has 0 aromatic heterocycles. The van der Waals surface area contributed by atoms with Crippen LogP contribution in [0.3, 0.4) is 0 Å². The molecule has 8 nitrogen and oxygen atoms in total. The van der Waals surface area contributed by atoms with E-state index in [1.54, 1.807) is 4.90 Å². The average molecular weight is 495 g/mol. The van der Waals surface area contributed by atoms with Gasteiger partial charge in [0.05, 0.1) is 25.4 Å². The van der Waals surface area contributed by atoms with Crippen molar-refractivity contribution in [2.24, 2.45) is 22.7 Å². The van der Waals surface area contributed by atoms with E-state index in [2.05, 4.69) is 12.2 Å². The summed E-state index contributed by atoms with van der Waals surface area (Å²) >= 11 is 0. The van der Waals surface area contributed by atoms with Gasteiger partial charge in [0.2, 0.25) is 5.91 Å². The molecule has 200 valence electrons. The summed E-state index contributed by atoms with van der Waals surface area (Å²) in [5.41, 5.74) is -0.988. The molecular formula is C27H46N2O6. The van der Waals surface area contributed by atoms with Crippen molar-refractivity contribution in [3.63, 3.8) is 0 Å². The Hall–Kier alpha value is -1.38. The van der Waals surface area contributed by atoms with Gasteiger partial charge in [0.25, 0.3) is 0 Å². The van der Waals surface area contributed by atoms with Gasteiger partial charge in [-0.1, -0.05) is 33.1 Å². The van der Waals surface area contributed by atoms with Gasteiger partial charge in [-0.25, -0.2) is 4.79 Å². The number of carbonyl (C=O) groups is 2. The minimum absolute atomic E-state index is 0.00316. The second-order valence-electron chi connectivity index (χ2n) is 12.2. The van der Waals surface area contributed by atoms with Crippen molar-refractivity contribution in [2.45, 2.75) is 115 Å². The van der Waals surface area contributed by atoms with Crippen LogP contribution in [0.5, 0.6) is 0 Å². The summed E-state index contributed by atoms with van der Waals surface area (Å²) in [6.45, 7) is 4.69. The maximum absolute atomic E-state index is 13.3. The number of fused-ring (bicyclic) bond motifs is 1. The van der Waals surface area contributed by atoms with E-state index in [9.17, 15) is 24.9 Å². The first kappa shape index (κ1) is 26.7. The Morgan fingerprint density at radius 3 is 2.43 bits per heavy atom. The Balaban J connectivity index is 1.47. The molecule has 1 heterocycles. The number of ether oxygens (including phenoxy) is 1. The Kier molecular flexibility index (Phi) is 8.33. The first-order valence-corrected chi connectivity index (χ1v) is 13.9. The van der Waals surface area contributed by atoms with Crippen LogP contribution < -0.4 is 5.32 Å². The molecule has 0 aromatic carbocycles. The molecule has 0 radical (unpaired) electrons. The van der Waals surface area contributed by atoms with E-state index in [-0.39, 0.29) is 54.9 Å². The second-order valence-corrected chi connectivity index (χ2v) is 12.2. The number of aliphatic hydroxyl groups excluding tert-OH is 3. The summed E-state index contributed by atoms with van der Waals surface area (Å²) in [6.07, 6.45) is 8.66. The highest BCUT2D eigenvalue weighted by atomic mass is 16.6. The number of alkyl carbamates (subject to hydrolysis) is 1. The Morgan fingerprint density at radius 1 is 1.00 bits per heavy atom. The highest BCUT2D eigenvalue weighted by molar-refractivity contribution is 5.77. The number of rotatable bonds is 6. The van der Waals surface area contributed by atoms with Gasteiger partial charge in [0, 0.05) is 24.4 Å². The molecule has 4 fully saturated rings. The van der Waals surface area contributed by atoms with E-state index < -0.39 is 23.7 Å². The molecule has 1 aliphatic heterocycles.